The highest BCUT2D eigenvalue weighted by Crippen LogP contribution is 2.22. The third-order valence-corrected chi connectivity index (χ3v) is 2.35. The predicted molar refractivity (Wildman–Crippen MR) is 69.6 cm³/mol. The summed E-state index contributed by atoms with van der Waals surface area (Å²) >= 11 is 0. The SMILES string of the molecule is CC(C)NC(=O)CN(C)c1cc(F)cc([N+](=O)[O-])c1. The van der Waals surface area contributed by atoms with Gasteiger partial charge >= 0.3 is 0 Å². The third-order valence-electron chi connectivity index (χ3n) is 2.35. The number of hydrogen-bond acceptors (Lipinski definition) is 4. The zero-order valence-electron chi connectivity index (χ0n) is 11.0. The van der Waals surface area contributed by atoms with E-state index in [1.807, 2.05) is 13.8 Å². The van der Waals surface area contributed by atoms with Crippen LogP contribution in [0.4, 0.5) is 15.8 Å². The van der Waals surface area contributed by atoms with Crippen LogP contribution in [-0.4, -0.2) is 30.5 Å². The predicted octanol–water partition coefficient (Wildman–Crippen LogP) is 1.69. The molecule has 0 aliphatic carbocycles. The first kappa shape index (κ1) is 14.9. The van der Waals surface area contributed by atoms with Gasteiger partial charge in [-0.1, -0.05) is 0 Å². The Morgan fingerprint density at radius 3 is 2.63 bits per heavy atom. The van der Waals surface area contributed by atoms with Crippen LogP contribution in [0.5, 0.6) is 0 Å². The van der Waals surface area contributed by atoms with Gasteiger partial charge in [0, 0.05) is 24.8 Å². The van der Waals surface area contributed by atoms with Crippen LogP contribution >= 0.6 is 0 Å². The smallest absolute Gasteiger partial charge is 0.274 e. The van der Waals surface area contributed by atoms with Gasteiger partial charge in [-0.2, -0.15) is 0 Å². The van der Waals surface area contributed by atoms with E-state index in [0.29, 0.717) is 0 Å². The van der Waals surface area contributed by atoms with Crippen LogP contribution in [0.2, 0.25) is 0 Å². The number of rotatable bonds is 5. The summed E-state index contributed by atoms with van der Waals surface area (Å²) in [5.41, 5.74) is -0.0586. The summed E-state index contributed by atoms with van der Waals surface area (Å²) in [5.74, 6) is -0.940. The fourth-order valence-electron chi connectivity index (χ4n) is 1.56. The van der Waals surface area contributed by atoms with E-state index in [-0.39, 0.29) is 29.9 Å². The Labute approximate surface area is 110 Å². The van der Waals surface area contributed by atoms with E-state index in [0.717, 1.165) is 12.1 Å². The third kappa shape index (κ3) is 4.53. The van der Waals surface area contributed by atoms with Gasteiger partial charge in [-0.25, -0.2) is 4.39 Å². The maximum Gasteiger partial charge on any atom is 0.274 e. The van der Waals surface area contributed by atoms with Crippen LogP contribution < -0.4 is 10.2 Å². The molecule has 1 aromatic carbocycles. The quantitative estimate of drug-likeness (QED) is 0.652. The molecule has 0 radical (unpaired) electrons. The molecule has 0 unspecified atom stereocenters. The average molecular weight is 269 g/mol. The minimum Gasteiger partial charge on any atom is -0.365 e. The maximum atomic E-state index is 13.3. The highest BCUT2D eigenvalue weighted by Gasteiger charge is 2.14. The zero-order valence-corrected chi connectivity index (χ0v) is 11.0. The number of carbonyl (C=O) groups is 1. The van der Waals surface area contributed by atoms with E-state index >= 15 is 0 Å². The molecular weight excluding hydrogens is 253 g/mol. The van der Waals surface area contributed by atoms with Crippen LogP contribution in [0.1, 0.15) is 13.8 Å². The van der Waals surface area contributed by atoms with Crippen molar-refractivity contribution in [3.8, 4) is 0 Å². The lowest BCUT2D eigenvalue weighted by atomic mass is 10.2. The summed E-state index contributed by atoms with van der Waals surface area (Å²) in [5, 5.41) is 13.3. The number of likely N-dealkylation sites (N-methyl/N-ethyl adjacent to an activating group) is 1. The Balaban J connectivity index is 2.84. The summed E-state index contributed by atoms with van der Waals surface area (Å²) < 4.78 is 13.3. The van der Waals surface area contributed by atoms with Crippen molar-refractivity contribution >= 4 is 17.3 Å². The second kappa shape index (κ2) is 6.12. The largest absolute Gasteiger partial charge is 0.365 e. The van der Waals surface area contributed by atoms with Gasteiger partial charge in [0.1, 0.15) is 5.82 Å². The number of nitrogens with zero attached hydrogens (tertiary/aromatic N) is 2. The number of hydrogen-bond donors (Lipinski definition) is 1. The van der Waals surface area contributed by atoms with E-state index in [9.17, 15) is 19.3 Å². The molecule has 1 rings (SSSR count). The number of anilines is 1. The first-order valence-electron chi connectivity index (χ1n) is 5.75. The topological polar surface area (TPSA) is 75.5 Å². The van der Waals surface area contributed by atoms with Crippen molar-refractivity contribution in [1.29, 1.82) is 0 Å². The first-order valence-corrected chi connectivity index (χ1v) is 5.75. The first-order chi connectivity index (χ1) is 8.79. The van der Waals surface area contributed by atoms with Gasteiger partial charge in [-0.15, -0.1) is 0 Å². The van der Waals surface area contributed by atoms with Crippen LogP contribution in [0.3, 0.4) is 0 Å². The zero-order chi connectivity index (χ0) is 14.6. The van der Waals surface area contributed by atoms with Gasteiger partial charge < -0.3 is 10.2 Å². The Kier molecular flexibility index (Phi) is 4.80. The van der Waals surface area contributed by atoms with Crippen LogP contribution in [0.25, 0.3) is 0 Å². The van der Waals surface area contributed by atoms with Gasteiger partial charge in [0.2, 0.25) is 5.91 Å². The normalized spacial score (nSPS) is 10.4. The molecule has 1 amide bonds. The van der Waals surface area contributed by atoms with Crippen molar-refractivity contribution in [3.05, 3.63) is 34.1 Å². The number of halogens is 1. The number of amides is 1. The van der Waals surface area contributed by atoms with Crippen LogP contribution in [0.15, 0.2) is 18.2 Å². The number of non-ortho nitro benzene ring substituents is 1. The standard InChI is InChI=1S/C12H16FN3O3/c1-8(2)14-12(17)7-15(3)10-4-9(13)5-11(6-10)16(18)19/h4-6,8H,7H2,1-3H3,(H,14,17). The molecule has 0 aromatic heterocycles. The van der Waals surface area contributed by atoms with Crippen LogP contribution in [-0.2, 0) is 4.79 Å². The minimum atomic E-state index is -0.708. The molecule has 0 aliphatic rings. The van der Waals surface area contributed by atoms with Crippen LogP contribution in [0, 0.1) is 15.9 Å². The lowest BCUT2D eigenvalue weighted by molar-refractivity contribution is -0.385. The molecule has 6 nitrogen and oxygen atoms in total. The highest BCUT2D eigenvalue weighted by molar-refractivity contribution is 5.81. The lowest BCUT2D eigenvalue weighted by Crippen LogP contribution is -2.38. The Morgan fingerprint density at radius 2 is 2.11 bits per heavy atom. The Hall–Kier alpha value is -2.18. The molecule has 1 aromatic rings. The molecule has 0 saturated heterocycles. The highest BCUT2D eigenvalue weighted by atomic mass is 19.1. The molecule has 104 valence electrons. The monoisotopic (exact) mass is 269 g/mol. The fourth-order valence-corrected chi connectivity index (χ4v) is 1.56. The fraction of sp³-hybridized carbons (Fsp3) is 0.417. The molecule has 0 saturated carbocycles. The van der Waals surface area contributed by atoms with Gasteiger partial charge in [-0.3, -0.25) is 14.9 Å². The van der Waals surface area contributed by atoms with E-state index in [4.69, 9.17) is 0 Å². The summed E-state index contributed by atoms with van der Waals surface area (Å²) in [6, 6.07) is 3.22. The van der Waals surface area contributed by atoms with Crippen molar-refractivity contribution in [2.24, 2.45) is 0 Å². The molecule has 0 spiro atoms. The maximum absolute atomic E-state index is 13.3. The second-order valence-corrected chi connectivity index (χ2v) is 4.50. The lowest BCUT2D eigenvalue weighted by Gasteiger charge is -2.19. The Bertz CT molecular complexity index is 491. The van der Waals surface area contributed by atoms with Gasteiger partial charge in [-0.05, 0) is 19.9 Å². The van der Waals surface area contributed by atoms with Gasteiger partial charge in [0.25, 0.3) is 5.69 Å². The van der Waals surface area contributed by atoms with Crippen molar-refractivity contribution < 1.29 is 14.1 Å². The molecule has 0 bridgehead atoms. The molecule has 0 fully saturated rings. The molecule has 0 heterocycles. The summed E-state index contributed by atoms with van der Waals surface area (Å²) in [4.78, 5) is 23.0. The van der Waals surface area contributed by atoms with Crippen molar-refractivity contribution in [2.45, 2.75) is 19.9 Å². The van der Waals surface area contributed by atoms with E-state index in [2.05, 4.69) is 5.32 Å². The second-order valence-electron chi connectivity index (χ2n) is 4.50. The minimum absolute atomic E-state index is 0.00120. The average Bonchev–Trinajstić information content (AvgIpc) is 2.26. The molecule has 0 atom stereocenters. The van der Waals surface area contributed by atoms with Crippen molar-refractivity contribution in [2.75, 3.05) is 18.5 Å². The van der Waals surface area contributed by atoms with E-state index in [1.165, 1.54) is 11.0 Å². The summed E-state index contributed by atoms with van der Waals surface area (Å²) in [7, 11) is 1.57. The number of carbonyl (C=O) groups excluding carboxylic acids is 1. The summed E-state index contributed by atoms with van der Waals surface area (Å²) in [6.45, 7) is 3.65. The molecule has 19 heavy (non-hydrogen) atoms. The number of nitro groups is 1. The Morgan fingerprint density at radius 1 is 1.47 bits per heavy atom. The van der Waals surface area contributed by atoms with Gasteiger partial charge in [0.05, 0.1) is 17.5 Å². The number of benzene rings is 1. The van der Waals surface area contributed by atoms with Crippen molar-refractivity contribution in [3.63, 3.8) is 0 Å². The molecular formula is C12H16FN3O3. The van der Waals surface area contributed by atoms with E-state index < -0.39 is 10.7 Å². The molecule has 1 N–H and O–H groups in total. The molecule has 7 heteroatoms. The number of nitrogens with one attached hydrogen (secondary N) is 1. The van der Waals surface area contributed by atoms with Crippen molar-refractivity contribution in [1.82, 2.24) is 5.32 Å². The van der Waals surface area contributed by atoms with E-state index in [1.54, 1.807) is 7.05 Å². The summed E-state index contributed by atoms with van der Waals surface area (Å²) in [6.07, 6.45) is 0. The van der Waals surface area contributed by atoms with Gasteiger partial charge in [0.15, 0.2) is 0 Å². The molecule has 0 aliphatic heterocycles. The number of nitro benzene ring substituents is 1.